The van der Waals surface area contributed by atoms with E-state index in [1.165, 1.54) is 12.5 Å². The number of allylic oxidation sites excluding steroid dienone is 2. The highest BCUT2D eigenvalue weighted by Crippen LogP contribution is 2.30. The molecular weight excluding hydrogens is 231 g/mol. The predicted octanol–water partition coefficient (Wildman–Crippen LogP) is 2.92. The first-order valence-electron chi connectivity index (χ1n) is 5.12. The van der Waals surface area contributed by atoms with Crippen molar-refractivity contribution >= 4 is 5.82 Å². The molecule has 0 saturated carbocycles. The monoisotopic (exact) mass is 245 g/mol. The van der Waals surface area contributed by atoms with E-state index in [9.17, 15) is 13.2 Å². The van der Waals surface area contributed by atoms with E-state index in [1.807, 2.05) is 13.8 Å². The molecule has 0 saturated heterocycles. The molecule has 2 N–H and O–H groups in total. The molecule has 0 amide bonds. The molecule has 6 heteroatoms. The second-order valence-corrected chi connectivity index (χ2v) is 4.03. The summed E-state index contributed by atoms with van der Waals surface area (Å²) in [4.78, 5) is 7.57. The quantitative estimate of drug-likeness (QED) is 0.833. The average molecular weight is 245 g/mol. The summed E-state index contributed by atoms with van der Waals surface area (Å²) in [7, 11) is 0. The van der Waals surface area contributed by atoms with Gasteiger partial charge < -0.3 is 5.73 Å². The van der Waals surface area contributed by atoms with Crippen molar-refractivity contribution in [1.82, 2.24) is 9.97 Å². The molecule has 1 aromatic heterocycles. The Labute approximate surface area is 97.6 Å². The van der Waals surface area contributed by atoms with Gasteiger partial charge in [0.2, 0.25) is 0 Å². The second kappa shape index (κ2) is 5.16. The summed E-state index contributed by atoms with van der Waals surface area (Å²) in [5.74, 6) is -0.259. The van der Waals surface area contributed by atoms with Crippen LogP contribution >= 0.6 is 0 Å². The third-order valence-electron chi connectivity index (χ3n) is 2.34. The smallest absolute Gasteiger partial charge is 0.383 e. The molecule has 1 rings (SSSR count). The Balaban J connectivity index is 3.03. The van der Waals surface area contributed by atoms with E-state index in [-0.39, 0.29) is 17.8 Å². The number of anilines is 1. The fourth-order valence-corrected chi connectivity index (χ4v) is 1.50. The van der Waals surface area contributed by atoms with Crippen LogP contribution in [0, 0.1) is 5.92 Å². The Morgan fingerprint density at radius 1 is 1.35 bits per heavy atom. The number of halogens is 3. The number of nitrogen functional groups attached to an aromatic ring is 1. The van der Waals surface area contributed by atoms with Crippen LogP contribution in [0.15, 0.2) is 24.7 Å². The zero-order valence-electron chi connectivity index (χ0n) is 9.57. The Bertz CT molecular complexity index is 399. The number of aromatic nitrogens is 2. The van der Waals surface area contributed by atoms with Crippen molar-refractivity contribution < 1.29 is 13.2 Å². The molecule has 1 atom stereocenters. The van der Waals surface area contributed by atoms with Crippen molar-refractivity contribution in [1.29, 1.82) is 0 Å². The highest BCUT2D eigenvalue weighted by atomic mass is 19.4. The van der Waals surface area contributed by atoms with E-state index in [0.29, 0.717) is 5.56 Å². The second-order valence-electron chi connectivity index (χ2n) is 4.03. The van der Waals surface area contributed by atoms with Gasteiger partial charge in [-0.25, -0.2) is 9.97 Å². The SMILES string of the molecule is CC(C)C(/C=C/C(F)(F)F)c1cncnc1N. The molecule has 1 unspecified atom stereocenters. The fourth-order valence-electron chi connectivity index (χ4n) is 1.50. The zero-order chi connectivity index (χ0) is 13.1. The summed E-state index contributed by atoms with van der Waals surface area (Å²) in [6, 6.07) is 0. The Kier molecular flexibility index (Phi) is 4.09. The molecule has 0 aromatic carbocycles. The minimum absolute atomic E-state index is 0.0260. The maximum Gasteiger partial charge on any atom is 0.409 e. The van der Waals surface area contributed by atoms with Crippen LogP contribution in [0.2, 0.25) is 0 Å². The van der Waals surface area contributed by atoms with Gasteiger partial charge in [-0.1, -0.05) is 19.9 Å². The number of nitrogens with zero attached hydrogens (tertiary/aromatic N) is 2. The van der Waals surface area contributed by atoms with Crippen LogP contribution in [0.5, 0.6) is 0 Å². The van der Waals surface area contributed by atoms with Crippen LogP contribution < -0.4 is 5.73 Å². The molecule has 0 spiro atoms. The van der Waals surface area contributed by atoms with Crippen LogP contribution in [0.3, 0.4) is 0 Å². The van der Waals surface area contributed by atoms with Crippen molar-refractivity contribution in [2.24, 2.45) is 5.92 Å². The molecule has 0 radical (unpaired) electrons. The first-order valence-corrected chi connectivity index (χ1v) is 5.12. The van der Waals surface area contributed by atoms with Crippen molar-refractivity contribution in [3.05, 3.63) is 30.2 Å². The van der Waals surface area contributed by atoms with Crippen molar-refractivity contribution in [3.8, 4) is 0 Å². The van der Waals surface area contributed by atoms with E-state index >= 15 is 0 Å². The molecular formula is C11H14F3N3. The van der Waals surface area contributed by atoms with E-state index < -0.39 is 12.1 Å². The van der Waals surface area contributed by atoms with E-state index in [2.05, 4.69) is 9.97 Å². The summed E-state index contributed by atoms with van der Waals surface area (Å²) in [6.45, 7) is 3.63. The van der Waals surface area contributed by atoms with Gasteiger partial charge in [0.05, 0.1) is 0 Å². The van der Waals surface area contributed by atoms with Gasteiger partial charge >= 0.3 is 6.18 Å². The lowest BCUT2D eigenvalue weighted by atomic mass is 9.89. The van der Waals surface area contributed by atoms with Crippen molar-refractivity contribution in [2.45, 2.75) is 25.9 Å². The van der Waals surface area contributed by atoms with Gasteiger partial charge in [-0.05, 0) is 5.92 Å². The Morgan fingerprint density at radius 2 is 2.00 bits per heavy atom. The molecule has 1 heterocycles. The van der Waals surface area contributed by atoms with Gasteiger partial charge in [-0.2, -0.15) is 13.2 Å². The van der Waals surface area contributed by atoms with E-state index in [0.717, 1.165) is 6.08 Å². The maximum atomic E-state index is 12.1. The van der Waals surface area contributed by atoms with Crippen LogP contribution in [0.25, 0.3) is 0 Å². The summed E-state index contributed by atoms with van der Waals surface area (Å²) in [5.41, 5.74) is 6.15. The summed E-state index contributed by atoms with van der Waals surface area (Å²) >= 11 is 0. The molecule has 0 fully saturated rings. The van der Waals surface area contributed by atoms with Crippen LogP contribution in [-0.4, -0.2) is 16.1 Å². The maximum absolute atomic E-state index is 12.1. The lowest BCUT2D eigenvalue weighted by Crippen LogP contribution is -2.10. The van der Waals surface area contributed by atoms with Crippen LogP contribution in [0.1, 0.15) is 25.3 Å². The number of alkyl halides is 3. The van der Waals surface area contributed by atoms with Gasteiger partial charge in [-0.15, -0.1) is 0 Å². The molecule has 3 nitrogen and oxygen atoms in total. The highest BCUT2D eigenvalue weighted by Gasteiger charge is 2.24. The minimum Gasteiger partial charge on any atom is -0.383 e. The number of hydrogen-bond acceptors (Lipinski definition) is 3. The van der Waals surface area contributed by atoms with Crippen molar-refractivity contribution in [3.63, 3.8) is 0 Å². The van der Waals surface area contributed by atoms with Crippen LogP contribution in [0.4, 0.5) is 19.0 Å². The molecule has 0 aliphatic carbocycles. The summed E-state index contributed by atoms with van der Waals surface area (Å²) < 4.78 is 36.4. The molecule has 17 heavy (non-hydrogen) atoms. The lowest BCUT2D eigenvalue weighted by molar-refractivity contribution is -0.0801. The number of nitrogens with two attached hydrogens (primary N) is 1. The highest BCUT2D eigenvalue weighted by molar-refractivity contribution is 5.41. The van der Waals surface area contributed by atoms with Gasteiger partial charge in [0.15, 0.2) is 0 Å². The van der Waals surface area contributed by atoms with Crippen LogP contribution in [-0.2, 0) is 0 Å². The number of hydrogen-bond donors (Lipinski definition) is 1. The minimum atomic E-state index is -4.32. The summed E-state index contributed by atoms with van der Waals surface area (Å²) in [6.07, 6.45) is -0.279. The van der Waals surface area contributed by atoms with Gasteiger partial charge in [0.25, 0.3) is 0 Å². The third-order valence-corrected chi connectivity index (χ3v) is 2.34. The molecule has 94 valence electrons. The van der Waals surface area contributed by atoms with E-state index in [1.54, 1.807) is 0 Å². The average Bonchev–Trinajstić information content (AvgIpc) is 2.18. The predicted molar refractivity (Wildman–Crippen MR) is 59.2 cm³/mol. The van der Waals surface area contributed by atoms with Gasteiger partial charge in [-0.3, -0.25) is 0 Å². The normalized spacial score (nSPS) is 14.5. The largest absolute Gasteiger partial charge is 0.409 e. The first kappa shape index (κ1) is 13.5. The third kappa shape index (κ3) is 4.05. The summed E-state index contributed by atoms with van der Waals surface area (Å²) in [5, 5.41) is 0. The topological polar surface area (TPSA) is 51.8 Å². The Morgan fingerprint density at radius 3 is 2.47 bits per heavy atom. The Hall–Kier alpha value is -1.59. The molecule has 1 aromatic rings. The zero-order valence-corrected chi connectivity index (χ0v) is 9.57. The fraction of sp³-hybridized carbons (Fsp3) is 0.455. The van der Waals surface area contributed by atoms with Gasteiger partial charge in [0.1, 0.15) is 12.1 Å². The lowest BCUT2D eigenvalue weighted by Gasteiger charge is -2.18. The molecule has 0 bridgehead atoms. The molecule has 0 aliphatic heterocycles. The molecule has 0 aliphatic rings. The first-order chi connectivity index (χ1) is 7.81. The van der Waals surface area contributed by atoms with Crippen molar-refractivity contribution in [2.75, 3.05) is 5.73 Å². The standard InChI is InChI=1S/C11H14F3N3/c1-7(2)8(3-4-11(12,13)14)9-5-16-6-17-10(9)15/h3-8H,1-2H3,(H2,15,16,17)/b4-3+. The number of rotatable bonds is 3. The van der Waals surface area contributed by atoms with Gasteiger partial charge in [0, 0.05) is 23.8 Å². The van der Waals surface area contributed by atoms with E-state index in [4.69, 9.17) is 5.73 Å².